The number of aromatic nitrogens is 4. The highest BCUT2D eigenvalue weighted by molar-refractivity contribution is 5.89. The normalized spacial score (nSPS) is 22.2. The van der Waals surface area contributed by atoms with Gasteiger partial charge in [-0.1, -0.05) is 20.8 Å². The van der Waals surface area contributed by atoms with Crippen molar-refractivity contribution in [3.8, 4) is 11.4 Å². The second kappa shape index (κ2) is 11.8. The van der Waals surface area contributed by atoms with E-state index in [0.29, 0.717) is 31.5 Å². The van der Waals surface area contributed by atoms with E-state index in [-0.39, 0.29) is 23.5 Å². The van der Waals surface area contributed by atoms with Gasteiger partial charge in [-0.2, -0.15) is 0 Å². The third-order valence-electron chi connectivity index (χ3n) is 8.52. The van der Waals surface area contributed by atoms with Gasteiger partial charge in [-0.05, 0) is 67.9 Å². The van der Waals surface area contributed by atoms with Gasteiger partial charge in [0.05, 0.1) is 31.5 Å². The fourth-order valence-corrected chi connectivity index (χ4v) is 6.26. The molecule has 10 nitrogen and oxygen atoms in total. The van der Waals surface area contributed by atoms with Gasteiger partial charge in [0.15, 0.2) is 5.82 Å². The van der Waals surface area contributed by atoms with E-state index in [0.717, 1.165) is 66.6 Å². The third-order valence-corrected chi connectivity index (χ3v) is 8.52. The van der Waals surface area contributed by atoms with Crippen molar-refractivity contribution in [2.75, 3.05) is 41.4 Å². The number of anilines is 3. The Morgan fingerprint density at radius 2 is 1.86 bits per heavy atom. The zero-order valence-electron chi connectivity index (χ0n) is 25.1. The molecular weight excluding hydrogens is 528 g/mol. The Balaban J connectivity index is 1.20. The van der Waals surface area contributed by atoms with Crippen LogP contribution >= 0.6 is 0 Å². The van der Waals surface area contributed by atoms with Gasteiger partial charge in [-0.15, -0.1) is 0 Å². The number of hydrogen-bond donors (Lipinski definition) is 2. The van der Waals surface area contributed by atoms with Crippen LogP contribution < -0.4 is 20.4 Å². The van der Waals surface area contributed by atoms with Crippen LogP contribution in [0.4, 0.5) is 22.2 Å². The Hall–Kier alpha value is -3.79. The Morgan fingerprint density at radius 1 is 1.07 bits per heavy atom. The van der Waals surface area contributed by atoms with Gasteiger partial charge in [-0.25, -0.2) is 24.7 Å². The van der Waals surface area contributed by atoms with Crippen LogP contribution in [0.15, 0.2) is 42.7 Å². The molecule has 4 heterocycles. The SMILES string of the molecule is CC1COCCN1c1nc(-c2ccc(NC(=O)NC3CCC3CC(C)(C)C)cc2)nc2c1CN(c1ncccn1)CC2. The molecule has 42 heavy (non-hydrogen) atoms. The van der Waals surface area contributed by atoms with Crippen LogP contribution in [0.2, 0.25) is 0 Å². The Bertz CT molecular complexity index is 1390. The first-order valence-corrected chi connectivity index (χ1v) is 15.2. The standard InChI is InChI=1S/C32H42N8O2/c1-21-20-42-17-16-40(21)29-25-19-39(30-33-13-5-14-34-30)15-12-27(25)36-28(38-29)22-6-9-24(10-7-22)35-31(41)37-26-11-8-23(26)18-32(2,3)4/h5-7,9-10,13-14,21,23,26H,8,11-12,15-20H2,1-4H3,(H2,35,37,41). The summed E-state index contributed by atoms with van der Waals surface area (Å²) in [4.78, 5) is 36.4. The van der Waals surface area contributed by atoms with Gasteiger partial charge in [0.2, 0.25) is 5.95 Å². The number of rotatable bonds is 6. The van der Waals surface area contributed by atoms with Crippen LogP contribution in [0.1, 0.15) is 58.2 Å². The lowest BCUT2D eigenvalue weighted by Gasteiger charge is -2.40. The molecule has 3 unspecified atom stereocenters. The van der Waals surface area contributed by atoms with Crippen LogP contribution in [0.3, 0.4) is 0 Å². The number of carbonyl (C=O) groups excluding carboxylic acids is 1. The number of carbonyl (C=O) groups is 1. The number of nitrogens with one attached hydrogen (secondary N) is 2. The maximum atomic E-state index is 12.7. The highest BCUT2D eigenvalue weighted by atomic mass is 16.5. The van der Waals surface area contributed by atoms with Crippen molar-refractivity contribution in [3.05, 3.63) is 54.0 Å². The molecule has 6 rings (SSSR count). The highest BCUT2D eigenvalue weighted by Crippen LogP contribution is 2.37. The van der Waals surface area contributed by atoms with E-state index in [1.165, 1.54) is 6.42 Å². The Morgan fingerprint density at radius 3 is 2.55 bits per heavy atom. The first kappa shape index (κ1) is 28.3. The largest absolute Gasteiger partial charge is 0.377 e. The van der Waals surface area contributed by atoms with E-state index in [1.54, 1.807) is 12.4 Å². The average Bonchev–Trinajstić information content (AvgIpc) is 2.98. The van der Waals surface area contributed by atoms with E-state index < -0.39 is 0 Å². The summed E-state index contributed by atoms with van der Waals surface area (Å²) in [7, 11) is 0. The average molecular weight is 571 g/mol. The number of benzene rings is 1. The highest BCUT2D eigenvalue weighted by Gasteiger charge is 2.35. The molecular formula is C32H42N8O2. The quantitative estimate of drug-likeness (QED) is 0.424. The monoisotopic (exact) mass is 570 g/mol. The Labute approximate surface area is 248 Å². The molecule has 1 aromatic carbocycles. The van der Waals surface area contributed by atoms with Gasteiger partial charge in [-0.3, -0.25) is 0 Å². The number of amides is 2. The minimum atomic E-state index is -0.146. The van der Waals surface area contributed by atoms with E-state index in [4.69, 9.17) is 14.7 Å². The smallest absolute Gasteiger partial charge is 0.319 e. The zero-order chi connectivity index (χ0) is 29.3. The number of fused-ring (bicyclic) bond motifs is 1. The molecule has 3 aromatic rings. The maximum absolute atomic E-state index is 12.7. The van der Waals surface area contributed by atoms with Crippen LogP contribution in [-0.4, -0.2) is 64.4 Å². The second-order valence-corrected chi connectivity index (χ2v) is 13.0. The Kier molecular flexibility index (Phi) is 7.98. The summed E-state index contributed by atoms with van der Waals surface area (Å²) < 4.78 is 5.73. The van der Waals surface area contributed by atoms with Gasteiger partial charge >= 0.3 is 6.03 Å². The summed E-state index contributed by atoms with van der Waals surface area (Å²) in [6.07, 6.45) is 7.69. The molecule has 222 valence electrons. The molecule has 2 aromatic heterocycles. The van der Waals surface area contributed by atoms with Crippen LogP contribution in [-0.2, 0) is 17.7 Å². The van der Waals surface area contributed by atoms with Crippen molar-refractivity contribution in [1.29, 1.82) is 0 Å². The molecule has 2 amide bonds. The lowest BCUT2D eigenvalue weighted by Crippen LogP contribution is -2.49. The van der Waals surface area contributed by atoms with Gasteiger partial charge < -0.3 is 25.2 Å². The predicted molar refractivity (Wildman–Crippen MR) is 165 cm³/mol. The molecule has 2 fully saturated rings. The van der Waals surface area contributed by atoms with Gasteiger partial charge in [0, 0.05) is 54.8 Å². The molecule has 0 spiro atoms. The summed E-state index contributed by atoms with van der Waals surface area (Å²) in [5.41, 5.74) is 4.13. The topological polar surface area (TPSA) is 108 Å². The summed E-state index contributed by atoms with van der Waals surface area (Å²) in [6.45, 7) is 12.5. The molecule has 2 N–H and O–H groups in total. The summed E-state index contributed by atoms with van der Waals surface area (Å²) >= 11 is 0. The van der Waals surface area contributed by atoms with Crippen LogP contribution in [0.5, 0.6) is 0 Å². The minimum Gasteiger partial charge on any atom is -0.377 e. The van der Waals surface area contributed by atoms with Crippen molar-refractivity contribution in [2.45, 2.75) is 72.0 Å². The molecule has 3 atom stereocenters. The zero-order valence-corrected chi connectivity index (χ0v) is 25.1. The van der Waals surface area contributed by atoms with Gasteiger partial charge in [0.1, 0.15) is 5.82 Å². The summed E-state index contributed by atoms with van der Waals surface area (Å²) in [6, 6.07) is 9.98. The summed E-state index contributed by atoms with van der Waals surface area (Å²) in [5.74, 6) is 2.93. The number of hydrogen-bond acceptors (Lipinski definition) is 8. The fourth-order valence-electron chi connectivity index (χ4n) is 6.26. The van der Waals surface area contributed by atoms with E-state index >= 15 is 0 Å². The predicted octanol–water partition coefficient (Wildman–Crippen LogP) is 5.06. The minimum absolute atomic E-state index is 0.146. The maximum Gasteiger partial charge on any atom is 0.319 e. The summed E-state index contributed by atoms with van der Waals surface area (Å²) in [5, 5.41) is 6.19. The lowest BCUT2D eigenvalue weighted by molar-refractivity contribution is 0.0984. The van der Waals surface area contributed by atoms with E-state index in [1.807, 2.05) is 30.3 Å². The third kappa shape index (κ3) is 6.33. The first-order valence-electron chi connectivity index (χ1n) is 15.2. The second-order valence-electron chi connectivity index (χ2n) is 13.0. The van der Waals surface area contributed by atoms with Crippen molar-refractivity contribution in [1.82, 2.24) is 25.3 Å². The molecule has 0 radical (unpaired) electrons. The van der Waals surface area contributed by atoms with Crippen LogP contribution in [0.25, 0.3) is 11.4 Å². The van der Waals surface area contributed by atoms with Crippen molar-refractivity contribution < 1.29 is 9.53 Å². The molecule has 1 saturated carbocycles. The fraction of sp³-hybridized carbons (Fsp3) is 0.531. The molecule has 0 bridgehead atoms. The number of morpholine rings is 1. The first-order chi connectivity index (χ1) is 20.2. The molecule has 10 heteroatoms. The number of urea groups is 1. The number of nitrogens with zero attached hydrogens (tertiary/aromatic N) is 6. The molecule has 1 saturated heterocycles. The van der Waals surface area contributed by atoms with E-state index in [9.17, 15) is 4.79 Å². The number of ether oxygens (including phenoxy) is 1. The van der Waals surface area contributed by atoms with Crippen LogP contribution in [0, 0.1) is 11.3 Å². The van der Waals surface area contributed by atoms with Crippen molar-refractivity contribution in [3.63, 3.8) is 0 Å². The molecule has 1 aliphatic carbocycles. The van der Waals surface area contributed by atoms with Crippen molar-refractivity contribution >= 4 is 23.5 Å². The molecule has 3 aliphatic rings. The van der Waals surface area contributed by atoms with Crippen molar-refractivity contribution in [2.24, 2.45) is 11.3 Å². The lowest BCUT2D eigenvalue weighted by atomic mass is 9.71. The van der Waals surface area contributed by atoms with E-state index in [2.05, 4.69) is 58.1 Å². The molecule has 2 aliphatic heterocycles. The van der Waals surface area contributed by atoms with Gasteiger partial charge in [0.25, 0.3) is 0 Å².